The van der Waals surface area contributed by atoms with Crippen LogP contribution in [-0.2, 0) is 4.74 Å². The molecule has 1 atom stereocenters. The van der Waals surface area contributed by atoms with Crippen LogP contribution in [0.2, 0.25) is 0 Å². The first kappa shape index (κ1) is 13.0. The molecule has 18 heavy (non-hydrogen) atoms. The molecule has 0 radical (unpaired) electrons. The van der Waals surface area contributed by atoms with E-state index in [2.05, 4.69) is 25.9 Å². The number of aromatic nitrogens is 2. The Kier molecular flexibility index (Phi) is 5.16. The average Bonchev–Trinajstić information content (AvgIpc) is 2.41. The summed E-state index contributed by atoms with van der Waals surface area (Å²) in [6, 6.07) is 1.92. The van der Waals surface area contributed by atoms with Crippen molar-refractivity contribution in [2.45, 2.75) is 19.4 Å². The minimum atomic E-state index is 0.307. The number of nitrogens with one attached hydrogen (secondary N) is 3. The monoisotopic (exact) mass is 251 g/mol. The molecule has 6 nitrogen and oxygen atoms in total. The Balaban J connectivity index is 1.73. The first-order chi connectivity index (χ1) is 8.88. The molecule has 6 heteroatoms. The number of ether oxygens (including phenoxy) is 1. The van der Waals surface area contributed by atoms with Gasteiger partial charge in [0, 0.05) is 32.2 Å². The predicted molar refractivity (Wildman–Crippen MR) is 71.9 cm³/mol. The van der Waals surface area contributed by atoms with Crippen molar-refractivity contribution in [3.63, 3.8) is 0 Å². The van der Waals surface area contributed by atoms with Crippen LogP contribution in [-0.4, -0.2) is 48.9 Å². The van der Waals surface area contributed by atoms with E-state index in [9.17, 15) is 0 Å². The highest BCUT2D eigenvalue weighted by Crippen LogP contribution is 2.09. The molecule has 1 aliphatic heterocycles. The zero-order valence-corrected chi connectivity index (χ0v) is 10.8. The van der Waals surface area contributed by atoms with Crippen molar-refractivity contribution < 1.29 is 4.74 Å². The SMILES string of the molecule is CCNc1cc(NCCC2CNCCO2)ncn1. The lowest BCUT2D eigenvalue weighted by atomic mass is 10.2. The molecule has 2 heterocycles. The molecule has 0 aliphatic carbocycles. The van der Waals surface area contributed by atoms with Gasteiger partial charge in [0.1, 0.15) is 18.0 Å². The minimum Gasteiger partial charge on any atom is -0.376 e. The molecule has 0 saturated carbocycles. The lowest BCUT2D eigenvalue weighted by Crippen LogP contribution is -2.39. The fourth-order valence-electron chi connectivity index (χ4n) is 1.90. The van der Waals surface area contributed by atoms with Crippen LogP contribution in [0.5, 0.6) is 0 Å². The first-order valence-electron chi connectivity index (χ1n) is 6.50. The van der Waals surface area contributed by atoms with E-state index in [0.717, 1.165) is 50.8 Å². The van der Waals surface area contributed by atoms with E-state index in [1.165, 1.54) is 0 Å². The van der Waals surface area contributed by atoms with Crippen molar-refractivity contribution in [2.24, 2.45) is 0 Å². The number of hydrogen-bond donors (Lipinski definition) is 3. The van der Waals surface area contributed by atoms with Gasteiger partial charge in [-0.15, -0.1) is 0 Å². The van der Waals surface area contributed by atoms with Crippen LogP contribution in [0.1, 0.15) is 13.3 Å². The van der Waals surface area contributed by atoms with Crippen molar-refractivity contribution in [2.75, 3.05) is 43.4 Å². The van der Waals surface area contributed by atoms with Gasteiger partial charge in [0.15, 0.2) is 0 Å². The van der Waals surface area contributed by atoms with Gasteiger partial charge in [-0.1, -0.05) is 0 Å². The second kappa shape index (κ2) is 7.13. The first-order valence-corrected chi connectivity index (χ1v) is 6.50. The smallest absolute Gasteiger partial charge is 0.131 e. The quantitative estimate of drug-likeness (QED) is 0.691. The maximum absolute atomic E-state index is 5.63. The molecule has 0 aromatic carbocycles. The van der Waals surface area contributed by atoms with E-state index >= 15 is 0 Å². The van der Waals surface area contributed by atoms with E-state index in [0.29, 0.717) is 6.10 Å². The van der Waals surface area contributed by atoms with Gasteiger partial charge in [-0.2, -0.15) is 0 Å². The van der Waals surface area contributed by atoms with Gasteiger partial charge in [0.25, 0.3) is 0 Å². The van der Waals surface area contributed by atoms with E-state index in [-0.39, 0.29) is 0 Å². The standard InChI is InChI=1S/C12H21N5O/c1-2-14-11-7-12(17-9-16-11)15-4-3-10-8-13-5-6-18-10/h7,9-10,13H,2-6,8H2,1H3,(H2,14,15,16,17). The van der Waals surface area contributed by atoms with E-state index < -0.39 is 0 Å². The van der Waals surface area contributed by atoms with Gasteiger partial charge in [-0.25, -0.2) is 9.97 Å². The Morgan fingerprint density at radius 3 is 2.94 bits per heavy atom. The van der Waals surface area contributed by atoms with Crippen LogP contribution < -0.4 is 16.0 Å². The lowest BCUT2D eigenvalue weighted by molar-refractivity contribution is 0.0258. The predicted octanol–water partition coefficient (Wildman–Crippen LogP) is 0.699. The van der Waals surface area contributed by atoms with Crippen LogP contribution in [0, 0.1) is 0 Å². The van der Waals surface area contributed by atoms with Gasteiger partial charge >= 0.3 is 0 Å². The molecule has 1 aromatic heterocycles. The summed E-state index contributed by atoms with van der Waals surface area (Å²) in [5.74, 6) is 1.70. The summed E-state index contributed by atoms with van der Waals surface area (Å²) in [7, 11) is 0. The van der Waals surface area contributed by atoms with Gasteiger partial charge < -0.3 is 20.7 Å². The topological polar surface area (TPSA) is 71.1 Å². The van der Waals surface area contributed by atoms with E-state index in [1.54, 1.807) is 6.33 Å². The Hall–Kier alpha value is -1.40. The highest BCUT2D eigenvalue weighted by atomic mass is 16.5. The molecular formula is C12H21N5O. The van der Waals surface area contributed by atoms with Crippen LogP contribution in [0.15, 0.2) is 12.4 Å². The molecule has 1 aliphatic rings. The third-order valence-electron chi connectivity index (χ3n) is 2.80. The second-order valence-corrected chi connectivity index (χ2v) is 4.23. The maximum Gasteiger partial charge on any atom is 0.131 e. The molecular weight excluding hydrogens is 230 g/mol. The number of hydrogen-bond acceptors (Lipinski definition) is 6. The molecule has 1 fully saturated rings. The Bertz CT molecular complexity index is 354. The van der Waals surface area contributed by atoms with Crippen molar-refractivity contribution in [1.82, 2.24) is 15.3 Å². The zero-order valence-electron chi connectivity index (χ0n) is 10.8. The summed E-state index contributed by atoms with van der Waals surface area (Å²) < 4.78 is 5.63. The second-order valence-electron chi connectivity index (χ2n) is 4.23. The largest absolute Gasteiger partial charge is 0.376 e. The fraction of sp³-hybridized carbons (Fsp3) is 0.667. The van der Waals surface area contributed by atoms with Gasteiger partial charge in [0.2, 0.25) is 0 Å². The van der Waals surface area contributed by atoms with Crippen LogP contribution >= 0.6 is 0 Å². The summed E-state index contributed by atoms with van der Waals surface area (Å²) >= 11 is 0. The summed E-state index contributed by atoms with van der Waals surface area (Å²) in [6.07, 6.45) is 2.85. The number of anilines is 2. The highest BCUT2D eigenvalue weighted by molar-refractivity contribution is 5.46. The summed E-state index contributed by atoms with van der Waals surface area (Å²) in [5, 5.41) is 9.77. The molecule has 100 valence electrons. The van der Waals surface area contributed by atoms with Crippen molar-refractivity contribution in [3.05, 3.63) is 12.4 Å². The minimum absolute atomic E-state index is 0.307. The lowest BCUT2D eigenvalue weighted by Gasteiger charge is -2.23. The molecule has 1 unspecified atom stereocenters. The number of morpholine rings is 1. The van der Waals surface area contributed by atoms with Crippen molar-refractivity contribution in [3.8, 4) is 0 Å². The van der Waals surface area contributed by atoms with Crippen LogP contribution in [0.3, 0.4) is 0 Å². The summed E-state index contributed by atoms with van der Waals surface area (Å²) in [5.41, 5.74) is 0. The van der Waals surface area contributed by atoms with Gasteiger partial charge in [-0.05, 0) is 13.3 Å². The average molecular weight is 251 g/mol. The molecule has 0 bridgehead atoms. The number of nitrogens with zero attached hydrogens (tertiary/aromatic N) is 2. The molecule has 1 saturated heterocycles. The van der Waals surface area contributed by atoms with E-state index in [4.69, 9.17) is 4.74 Å². The summed E-state index contributed by atoms with van der Waals surface area (Å²) in [4.78, 5) is 8.32. The molecule has 0 spiro atoms. The third-order valence-corrected chi connectivity index (χ3v) is 2.80. The van der Waals surface area contributed by atoms with Crippen LogP contribution in [0.4, 0.5) is 11.6 Å². The Labute approximate surface area is 108 Å². The maximum atomic E-state index is 5.63. The molecule has 0 amide bonds. The fourth-order valence-corrected chi connectivity index (χ4v) is 1.90. The zero-order chi connectivity index (χ0) is 12.6. The van der Waals surface area contributed by atoms with E-state index in [1.807, 2.05) is 13.0 Å². The third kappa shape index (κ3) is 4.12. The van der Waals surface area contributed by atoms with Gasteiger partial charge in [-0.3, -0.25) is 0 Å². The van der Waals surface area contributed by atoms with Crippen LogP contribution in [0.25, 0.3) is 0 Å². The van der Waals surface area contributed by atoms with Gasteiger partial charge in [0.05, 0.1) is 12.7 Å². The number of rotatable bonds is 6. The normalized spacial score (nSPS) is 19.5. The van der Waals surface area contributed by atoms with Crippen molar-refractivity contribution in [1.29, 1.82) is 0 Å². The Morgan fingerprint density at radius 2 is 2.22 bits per heavy atom. The summed E-state index contributed by atoms with van der Waals surface area (Å²) in [6.45, 7) is 6.47. The molecule has 2 rings (SSSR count). The highest BCUT2D eigenvalue weighted by Gasteiger charge is 2.12. The van der Waals surface area contributed by atoms with Crippen molar-refractivity contribution >= 4 is 11.6 Å². The molecule has 1 aromatic rings. The molecule has 3 N–H and O–H groups in total. The Morgan fingerprint density at radius 1 is 1.39 bits per heavy atom.